The van der Waals surface area contributed by atoms with Gasteiger partial charge in [-0.25, -0.2) is 9.18 Å². The molecule has 90 valence electrons. The lowest BCUT2D eigenvalue weighted by Gasteiger charge is -2.10. The number of hydrogen-bond acceptors (Lipinski definition) is 4. The second-order valence-corrected chi connectivity index (χ2v) is 2.81. The Morgan fingerprint density at radius 3 is 2.59 bits per heavy atom. The quantitative estimate of drug-likeness (QED) is 0.765. The summed E-state index contributed by atoms with van der Waals surface area (Å²) in [5, 5.41) is 8.68. The van der Waals surface area contributed by atoms with Crippen LogP contribution in [0.25, 0.3) is 0 Å². The highest BCUT2D eigenvalue weighted by molar-refractivity contribution is 5.95. The molecule has 0 aromatic heterocycles. The van der Waals surface area contributed by atoms with E-state index in [4.69, 9.17) is 5.26 Å². The number of nitriles is 1. The number of nitrogens with zero attached hydrogens (tertiary/aromatic N) is 1. The van der Waals surface area contributed by atoms with Crippen LogP contribution in [0.5, 0.6) is 5.75 Å². The molecule has 0 spiro atoms. The van der Waals surface area contributed by atoms with Crippen LogP contribution >= 0.6 is 0 Å². The Morgan fingerprint density at radius 1 is 1.47 bits per heavy atom. The number of esters is 1. The van der Waals surface area contributed by atoms with Gasteiger partial charge >= 0.3 is 12.6 Å². The first-order valence-corrected chi connectivity index (χ1v) is 4.26. The Labute approximate surface area is 94.2 Å². The van der Waals surface area contributed by atoms with E-state index in [1.807, 2.05) is 0 Å². The minimum atomic E-state index is -3.24. The van der Waals surface area contributed by atoms with Crippen molar-refractivity contribution in [2.75, 3.05) is 7.11 Å². The molecule has 1 rings (SSSR count). The summed E-state index contributed by atoms with van der Waals surface area (Å²) in [4.78, 5) is 11.3. The average molecular weight is 245 g/mol. The van der Waals surface area contributed by atoms with E-state index >= 15 is 0 Å². The summed E-state index contributed by atoms with van der Waals surface area (Å²) in [6.45, 7) is -3.24. The minimum Gasteiger partial charge on any atom is -0.465 e. The second kappa shape index (κ2) is 5.21. The molecule has 0 amide bonds. The maximum atomic E-state index is 13.0. The third-order valence-corrected chi connectivity index (χ3v) is 1.79. The predicted octanol–water partition coefficient (Wildman–Crippen LogP) is 2.09. The number of ether oxygens (including phenoxy) is 2. The molecule has 0 heterocycles. The van der Waals surface area contributed by atoms with Crippen LogP contribution in [-0.2, 0) is 4.74 Å². The Balaban J connectivity index is 3.39. The van der Waals surface area contributed by atoms with E-state index in [-0.39, 0.29) is 0 Å². The SMILES string of the molecule is COC(=O)c1c(C#N)cc(F)cc1OC(F)F. The molecule has 4 nitrogen and oxygen atoms in total. The topological polar surface area (TPSA) is 59.3 Å². The summed E-state index contributed by atoms with van der Waals surface area (Å²) in [5.41, 5.74) is -0.968. The smallest absolute Gasteiger partial charge is 0.387 e. The predicted molar refractivity (Wildman–Crippen MR) is 49.1 cm³/mol. The second-order valence-electron chi connectivity index (χ2n) is 2.81. The lowest BCUT2D eigenvalue weighted by molar-refractivity contribution is -0.0505. The molecule has 0 aliphatic carbocycles. The molecule has 0 atom stereocenters. The average Bonchev–Trinajstić information content (AvgIpc) is 2.26. The standard InChI is InChI=1S/C10H6F3NO3/c1-16-9(15)8-5(4-14)2-6(11)3-7(8)17-10(12)13/h2-3,10H,1H3. The third kappa shape index (κ3) is 2.87. The number of benzene rings is 1. The fraction of sp³-hybridized carbons (Fsp3) is 0.200. The van der Waals surface area contributed by atoms with Crippen LogP contribution in [-0.4, -0.2) is 19.7 Å². The van der Waals surface area contributed by atoms with E-state index in [2.05, 4.69) is 9.47 Å². The van der Waals surface area contributed by atoms with Crippen molar-refractivity contribution in [3.05, 3.63) is 29.1 Å². The Kier molecular flexibility index (Phi) is 3.93. The van der Waals surface area contributed by atoms with E-state index in [1.54, 1.807) is 0 Å². The normalized spacial score (nSPS) is 9.88. The van der Waals surface area contributed by atoms with Crippen molar-refractivity contribution < 1.29 is 27.4 Å². The van der Waals surface area contributed by atoms with Crippen LogP contribution in [0, 0.1) is 17.1 Å². The summed E-state index contributed by atoms with van der Waals surface area (Å²) in [6, 6.07) is 2.81. The summed E-state index contributed by atoms with van der Waals surface area (Å²) < 4.78 is 45.4. The Hall–Kier alpha value is -2.23. The van der Waals surface area contributed by atoms with Gasteiger partial charge in [0.25, 0.3) is 0 Å². The van der Waals surface area contributed by atoms with Crippen LogP contribution in [0.15, 0.2) is 12.1 Å². The van der Waals surface area contributed by atoms with Gasteiger partial charge in [-0.1, -0.05) is 0 Å². The fourth-order valence-corrected chi connectivity index (χ4v) is 1.17. The summed E-state index contributed by atoms with van der Waals surface area (Å²) in [5.74, 6) is -2.76. The fourth-order valence-electron chi connectivity index (χ4n) is 1.17. The highest BCUT2D eigenvalue weighted by atomic mass is 19.3. The number of carbonyl (C=O) groups is 1. The molecule has 0 saturated carbocycles. The first kappa shape index (κ1) is 12.8. The zero-order valence-corrected chi connectivity index (χ0v) is 8.54. The molecule has 0 aliphatic heterocycles. The number of halogens is 3. The number of alkyl halides is 2. The van der Waals surface area contributed by atoms with Crippen molar-refractivity contribution in [2.24, 2.45) is 0 Å². The highest BCUT2D eigenvalue weighted by Crippen LogP contribution is 2.26. The Morgan fingerprint density at radius 2 is 2.12 bits per heavy atom. The van der Waals surface area contributed by atoms with Gasteiger partial charge in [-0.15, -0.1) is 0 Å². The molecule has 0 radical (unpaired) electrons. The monoisotopic (exact) mass is 245 g/mol. The zero-order valence-electron chi connectivity index (χ0n) is 8.54. The number of hydrogen-bond donors (Lipinski definition) is 0. The number of methoxy groups -OCH3 is 1. The molecule has 7 heteroatoms. The van der Waals surface area contributed by atoms with Crippen molar-refractivity contribution >= 4 is 5.97 Å². The van der Waals surface area contributed by atoms with Crippen LogP contribution in [0.2, 0.25) is 0 Å². The minimum absolute atomic E-state index is 0.437. The molecule has 1 aromatic carbocycles. The van der Waals surface area contributed by atoms with Crippen molar-refractivity contribution in [1.82, 2.24) is 0 Å². The molecular formula is C10H6F3NO3. The van der Waals surface area contributed by atoms with Crippen LogP contribution in [0.3, 0.4) is 0 Å². The van der Waals surface area contributed by atoms with Gasteiger partial charge in [-0.05, 0) is 6.07 Å². The van der Waals surface area contributed by atoms with Crippen LogP contribution in [0.4, 0.5) is 13.2 Å². The van der Waals surface area contributed by atoms with E-state index in [9.17, 15) is 18.0 Å². The molecule has 17 heavy (non-hydrogen) atoms. The van der Waals surface area contributed by atoms with E-state index in [0.717, 1.165) is 13.2 Å². The van der Waals surface area contributed by atoms with Crippen molar-refractivity contribution in [2.45, 2.75) is 6.61 Å². The molecule has 0 bridgehead atoms. The van der Waals surface area contributed by atoms with Crippen molar-refractivity contribution in [3.63, 3.8) is 0 Å². The Bertz CT molecular complexity index is 482. The highest BCUT2D eigenvalue weighted by Gasteiger charge is 2.22. The summed E-state index contributed by atoms with van der Waals surface area (Å²) in [6.07, 6.45) is 0. The van der Waals surface area contributed by atoms with E-state index in [1.165, 1.54) is 6.07 Å². The maximum Gasteiger partial charge on any atom is 0.387 e. The third-order valence-electron chi connectivity index (χ3n) is 1.79. The van der Waals surface area contributed by atoms with E-state index < -0.39 is 35.3 Å². The summed E-state index contributed by atoms with van der Waals surface area (Å²) >= 11 is 0. The van der Waals surface area contributed by atoms with Gasteiger partial charge in [-0.3, -0.25) is 0 Å². The zero-order chi connectivity index (χ0) is 13.0. The van der Waals surface area contributed by atoms with Gasteiger partial charge in [0.2, 0.25) is 0 Å². The molecule has 0 saturated heterocycles. The molecule has 1 aromatic rings. The van der Waals surface area contributed by atoms with E-state index in [0.29, 0.717) is 6.07 Å². The van der Waals surface area contributed by atoms with Gasteiger partial charge in [0, 0.05) is 6.07 Å². The number of rotatable bonds is 3. The first-order valence-electron chi connectivity index (χ1n) is 4.26. The maximum absolute atomic E-state index is 13.0. The lowest BCUT2D eigenvalue weighted by atomic mass is 10.1. The molecule has 0 N–H and O–H groups in total. The van der Waals surface area contributed by atoms with Gasteiger partial charge < -0.3 is 9.47 Å². The van der Waals surface area contributed by atoms with Gasteiger partial charge in [0.15, 0.2) is 0 Å². The first-order chi connectivity index (χ1) is 7.99. The lowest BCUT2D eigenvalue weighted by Crippen LogP contribution is -2.11. The summed E-state index contributed by atoms with van der Waals surface area (Å²) in [7, 11) is 0.999. The van der Waals surface area contributed by atoms with Gasteiger partial charge in [-0.2, -0.15) is 14.0 Å². The van der Waals surface area contributed by atoms with Crippen LogP contribution < -0.4 is 4.74 Å². The van der Waals surface area contributed by atoms with Crippen molar-refractivity contribution in [1.29, 1.82) is 5.26 Å². The van der Waals surface area contributed by atoms with Crippen LogP contribution in [0.1, 0.15) is 15.9 Å². The molecule has 0 aliphatic rings. The molecule has 0 unspecified atom stereocenters. The molecule has 0 fully saturated rings. The van der Waals surface area contributed by atoms with Gasteiger partial charge in [0.05, 0.1) is 12.7 Å². The van der Waals surface area contributed by atoms with Gasteiger partial charge in [0.1, 0.15) is 23.2 Å². The van der Waals surface area contributed by atoms with Crippen molar-refractivity contribution in [3.8, 4) is 11.8 Å². The largest absolute Gasteiger partial charge is 0.465 e. The number of carbonyl (C=O) groups excluding carboxylic acids is 1. The molecular weight excluding hydrogens is 239 g/mol.